The summed E-state index contributed by atoms with van der Waals surface area (Å²) in [7, 11) is 0. The van der Waals surface area contributed by atoms with Gasteiger partial charge in [0.1, 0.15) is 0 Å². The maximum absolute atomic E-state index is 11.9. The zero-order chi connectivity index (χ0) is 15.1. The van der Waals surface area contributed by atoms with E-state index < -0.39 is 12.0 Å². The second-order valence-corrected chi connectivity index (χ2v) is 4.30. The SMILES string of the molecule is O=C(O)c1cc(Cl)ccc1NC(=O)N(CCO)CCO. The lowest BCUT2D eigenvalue weighted by atomic mass is 10.2. The highest BCUT2D eigenvalue weighted by Crippen LogP contribution is 2.21. The Morgan fingerprint density at radius 1 is 1.20 bits per heavy atom. The van der Waals surface area contributed by atoms with Crippen molar-refractivity contribution in [1.29, 1.82) is 0 Å². The van der Waals surface area contributed by atoms with E-state index in [1.54, 1.807) is 0 Å². The highest BCUT2D eigenvalue weighted by atomic mass is 35.5. The Labute approximate surface area is 120 Å². The van der Waals surface area contributed by atoms with E-state index in [1.165, 1.54) is 23.1 Å². The second kappa shape index (κ2) is 7.68. The number of aliphatic hydroxyl groups is 2. The molecule has 0 saturated heterocycles. The maximum atomic E-state index is 11.9. The third kappa shape index (κ3) is 4.37. The summed E-state index contributed by atoms with van der Waals surface area (Å²) in [6.45, 7) is -0.468. The fraction of sp³-hybridized carbons (Fsp3) is 0.333. The molecule has 0 aliphatic rings. The Morgan fingerprint density at radius 3 is 2.30 bits per heavy atom. The van der Waals surface area contributed by atoms with Crippen LogP contribution in [-0.4, -0.2) is 58.5 Å². The molecule has 0 unspecified atom stereocenters. The molecule has 0 aliphatic carbocycles. The molecule has 8 heteroatoms. The van der Waals surface area contributed by atoms with Crippen molar-refractivity contribution in [1.82, 2.24) is 4.90 Å². The fourth-order valence-electron chi connectivity index (χ4n) is 1.55. The first kappa shape index (κ1) is 16.2. The van der Waals surface area contributed by atoms with Crippen LogP contribution in [0.2, 0.25) is 5.02 Å². The predicted molar refractivity (Wildman–Crippen MR) is 73.2 cm³/mol. The van der Waals surface area contributed by atoms with Crippen LogP contribution < -0.4 is 5.32 Å². The summed E-state index contributed by atoms with van der Waals surface area (Å²) in [4.78, 5) is 24.2. The normalized spacial score (nSPS) is 10.2. The van der Waals surface area contributed by atoms with Crippen molar-refractivity contribution in [2.75, 3.05) is 31.6 Å². The zero-order valence-corrected chi connectivity index (χ0v) is 11.3. The number of hydrogen-bond acceptors (Lipinski definition) is 4. The smallest absolute Gasteiger partial charge is 0.337 e. The molecular weight excluding hydrogens is 288 g/mol. The van der Waals surface area contributed by atoms with E-state index in [0.29, 0.717) is 0 Å². The van der Waals surface area contributed by atoms with Crippen molar-refractivity contribution in [2.45, 2.75) is 0 Å². The monoisotopic (exact) mass is 302 g/mol. The largest absolute Gasteiger partial charge is 0.478 e. The number of amides is 2. The third-order valence-electron chi connectivity index (χ3n) is 2.48. The van der Waals surface area contributed by atoms with E-state index in [4.69, 9.17) is 26.9 Å². The van der Waals surface area contributed by atoms with Gasteiger partial charge in [0.25, 0.3) is 0 Å². The number of carbonyl (C=O) groups is 2. The molecule has 7 nitrogen and oxygen atoms in total. The van der Waals surface area contributed by atoms with Crippen molar-refractivity contribution in [2.24, 2.45) is 0 Å². The summed E-state index contributed by atoms with van der Waals surface area (Å²) in [5, 5.41) is 29.4. The predicted octanol–water partition coefficient (Wildman–Crippen LogP) is 0.857. The molecule has 1 aromatic carbocycles. The van der Waals surface area contributed by atoms with Crippen LogP contribution in [0.25, 0.3) is 0 Å². The number of benzene rings is 1. The minimum absolute atomic E-state index is 0.0301. The molecule has 0 radical (unpaired) electrons. The number of hydrogen-bond donors (Lipinski definition) is 4. The van der Waals surface area contributed by atoms with Crippen molar-refractivity contribution < 1.29 is 24.9 Å². The average Bonchev–Trinajstić information content (AvgIpc) is 2.40. The van der Waals surface area contributed by atoms with Crippen LogP contribution in [0.5, 0.6) is 0 Å². The molecular formula is C12H15ClN2O5. The molecule has 0 aliphatic heterocycles. The van der Waals surface area contributed by atoms with Gasteiger partial charge in [0.05, 0.1) is 24.5 Å². The Balaban J connectivity index is 2.91. The lowest BCUT2D eigenvalue weighted by Gasteiger charge is -2.21. The highest BCUT2D eigenvalue weighted by Gasteiger charge is 2.17. The fourth-order valence-corrected chi connectivity index (χ4v) is 1.73. The van der Waals surface area contributed by atoms with Crippen molar-refractivity contribution >= 4 is 29.3 Å². The molecule has 4 N–H and O–H groups in total. The van der Waals surface area contributed by atoms with Crippen LogP contribution in [0.1, 0.15) is 10.4 Å². The van der Waals surface area contributed by atoms with Crippen molar-refractivity contribution in [3.8, 4) is 0 Å². The number of rotatable bonds is 6. The number of urea groups is 1. The first-order chi connectivity index (χ1) is 9.49. The van der Waals surface area contributed by atoms with E-state index in [2.05, 4.69) is 5.32 Å². The molecule has 0 fully saturated rings. The van der Waals surface area contributed by atoms with E-state index in [1.807, 2.05) is 0 Å². The van der Waals surface area contributed by atoms with Crippen LogP contribution in [0.15, 0.2) is 18.2 Å². The lowest BCUT2D eigenvalue weighted by Crippen LogP contribution is -2.39. The average molecular weight is 303 g/mol. The summed E-state index contributed by atoms with van der Waals surface area (Å²) in [6, 6.07) is 3.44. The number of carboxylic acid groups (broad SMARTS) is 1. The number of carbonyl (C=O) groups excluding carboxylic acids is 1. The van der Waals surface area contributed by atoms with Gasteiger partial charge in [0.15, 0.2) is 0 Å². The minimum Gasteiger partial charge on any atom is -0.478 e. The van der Waals surface area contributed by atoms with Gasteiger partial charge in [-0.3, -0.25) is 0 Å². The van der Waals surface area contributed by atoms with Gasteiger partial charge in [-0.25, -0.2) is 9.59 Å². The first-order valence-electron chi connectivity index (χ1n) is 5.80. The van der Waals surface area contributed by atoms with Gasteiger partial charge >= 0.3 is 12.0 Å². The van der Waals surface area contributed by atoms with Gasteiger partial charge in [0.2, 0.25) is 0 Å². The van der Waals surface area contributed by atoms with Gasteiger partial charge in [-0.2, -0.15) is 0 Å². The zero-order valence-electron chi connectivity index (χ0n) is 10.5. The molecule has 0 saturated carbocycles. The summed E-state index contributed by atoms with van der Waals surface area (Å²) >= 11 is 5.71. The van der Waals surface area contributed by atoms with Crippen LogP contribution in [-0.2, 0) is 0 Å². The minimum atomic E-state index is -1.22. The van der Waals surface area contributed by atoms with Crippen LogP contribution >= 0.6 is 11.6 Å². The first-order valence-corrected chi connectivity index (χ1v) is 6.18. The molecule has 20 heavy (non-hydrogen) atoms. The molecule has 1 aromatic rings. The van der Waals surface area contributed by atoms with Crippen LogP contribution in [0, 0.1) is 0 Å². The Bertz CT molecular complexity index is 489. The van der Waals surface area contributed by atoms with Gasteiger partial charge in [-0.05, 0) is 18.2 Å². The highest BCUT2D eigenvalue weighted by molar-refractivity contribution is 6.31. The van der Waals surface area contributed by atoms with Gasteiger partial charge in [-0.1, -0.05) is 11.6 Å². The van der Waals surface area contributed by atoms with Gasteiger partial charge in [0, 0.05) is 18.1 Å². The Kier molecular flexibility index (Phi) is 6.23. The number of nitrogens with one attached hydrogen (secondary N) is 1. The molecule has 0 bridgehead atoms. The van der Waals surface area contributed by atoms with E-state index in [0.717, 1.165) is 0 Å². The molecule has 1 rings (SSSR count). The maximum Gasteiger partial charge on any atom is 0.337 e. The third-order valence-corrected chi connectivity index (χ3v) is 2.72. The number of aliphatic hydroxyl groups excluding tert-OH is 2. The number of carboxylic acids is 1. The molecule has 110 valence electrons. The van der Waals surface area contributed by atoms with Crippen molar-refractivity contribution in [3.63, 3.8) is 0 Å². The molecule has 0 spiro atoms. The van der Waals surface area contributed by atoms with Gasteiger partial charge < -0.3 is 25.5 Å². The summed E-state index contributed by atoms with van der Waals surface area (Å²) in [6.07, 6.45) is 0. The van der Waals surface area contributed by atoms with Crippen molar-refractivity contribution in [3.05, 3.63) is 28.8 Å². The van der Waals surface area contributed by atoms with Crippen LogP contribution in [0.3, 0.4) is 0 Å². The topological polar surface area (TPSA) is 110 Å². The van der Waals surface area contributed by atoms with E-state index >= 15 is 0 Å². The number of nitrogens with zero attached hydrogens (tertiary/aromatic N) is 1. The molecule has 0 heterocycles. The Morgan fingerprint density at radius 2 is 1.80 bits per heavy atom. The van der Waals surface area contributed by atoms with Crippen LogP contribution in [0.4, 0.5) is 10.5 Å². The summed E-state index contributed by atoms with van der Waals surface area (Å²) in [5.74, 6) is -1.22. The van der Waals surface area contributed by atoms with E-state index in [-0.39, 0.29) is 42.6 Å². The molecule has 0 aromatic heterocycles. The standard InChI is InChI=1S/C12H15ClN2O5/c13-8-1-2-10(9(7-8)11(18)19)14-12(20)15(3-5-16)4-6-17/h1-2,7,16-17H,3-6H2,(H,14,20)(H,18,19). The summed E-state index contributed by atoms with van der Waals surface area (Å²) in [5.41, 5.74) is -0.0495. The summed E-state index contributed by atoms with van der Waals surface area (Å²) < 4.78 is 0. The number of halogens is 1. The number of aromatic carboxylic acids is 1. The lowest BCUT2D eigenvalue weighted by molar-refractivity contribution is 0.0698. The quantitative estimate of drug-likeness (QED) is 0.623. The van der Waals surface area contributed by atoms with Gasteiger partial charge in [-0.15, -0.1) is 0 Å². The molecule has 0 atom stereocenters. The Hall–Kier alpha value is -1.83. The number of anilines is 1. The molecule has 2 amide bonds. The van der Waals surface area contributed by atoms with E-state index in [9.17, 15) is 9.59 Å². The second-order valence-electron chi connectivity index (χ2n) is 3.86.